The molecule has 1 saturated heterocycles. The lowest BCUT2D eigenvalue weighted by Crippen LogP contribution is -2.47. The van der Waals surface area contributed by atoms with Gasteiger partial charge in [-0.2, -0.15) is 0 Å². The van der Waals surface area contributed by atoms with Crippen LogP contribution in [0.4, 0.5) is 14.5 Å². The second-order valence-corrected chi connectivity index (χ2v) is 5.23. The van der Waals surface area contributed by atoms with E-state index in [2.05, 4.69) is 15.2 Å². The number of ether oxygens (including phenoxy) is 1. The third-order valence-corrected chi connectivity index (χ3v) is 3.94. The van der Waals surface area contributed by atoms with Crippen molar-refractivity contribution in [2.75, 3.05) is 24.6 Å². The van der Waals surface area contributed by atoms with Gasteiger partial charge in [-0.05, 0) is 0 Å². The summed E-state index contributed by atoms with van der Waals surface area (Å²) in [4.78, 5) is 5.16. The van der Waals surface area contributed by atoms with Gasteiger partial charge >= 0.3 is 0 Å². The molecule has 1 fully saturated rings. The average molecular weight is 293 g/mol. The molecular weight excluding hydrogens is 280 g/mol. The molecule has 0 aromatic carbocycles. The molecule has 2 aromatic rings. The SMILES string of the molecule is Fc1cncc(F)c1N1CC(c2nnc3n2CCOC3)C1. The minimum atomic E-state index is -0.634. The maximum Gasteiger partial charge on any atom is 0.167 e. The molecule has 4 heterocycles. The monoisotopic (exact) mass is 293 g/mol. The first kappa shape index (κ1) is 12.6. The number of fused-ring (bicyclic) bond motifs is 1. The molecule has 0 radical (unpaired) electrons. The highest BCUT2D eigenvalue weighted by atomic mass is 19.1. The second-order valence-electron chi connectivity index (χ2n) is 5.23. The molecule has 2 aliphatic heterocycles. The standard InChI is InChI=1S/C13H13F2N5O/c14-9-3-16-4-10(15)12(9)19-5-8(6-19)13-18-17-11-7-21-2-1-20(11)13/h3-4,8H,1-2,5-7H2. The van der Waals surface area contributed by atoms with Crippen molar-refractivity contribution in [2.45, 2.75) is 19.1 Å². The van der Waals surface area contributed by atoms with Crippen molar-refractivity contribution in [1.29, 1.82) is 0 Å². The van der Waals surface area contributed by atoms with Crippen molar-refractivity contribution in [3.05, 3.63) is 35.7 Å². The zero-order chi connectivity index (χ0) is 14.4. The average Bonchev–Trinajstić information content (AvgIpc) is 2.84. The fourth-order valence-corrected chi connectivity index (χ4v) is 2.85. The summed E-state index contributed by atoms with van der Waals surface area (Å²) >= 11 is 0. The van der Waals surface area contributed by atoms with Gasteiger partial charge in [0.15, 0.2) is 17.5 Å². The van der Waals surface area contributed by atoms with E-state index in [9.17, 15) is 8.78 Å². The van der Waals surface area contributed by atoms with Crippen LogP contribution in [0.15, 0.2) is 12.4 Å². The number of rotatable bonds is 2. The molecule has 0 atom stereocenters. The molecule has 0 spiro atoms. The lowest BCUT2D eigenvalue weighted by Gasteiger charge is -2.40. The smallest absolute Gasteiger partial charge is 0.167 e. The molecular formula is C13H13F2N5O. The zero-order valence-electron chi connectivity index (χ0n) is 11.2. The Morgan fingerprint density at radius 3 is 2.67 bits per heavy atom. The zero-order valence-corrected chi connectivity index (χ0v) is 11.2. The van der Waals surface area contributed by atoms with Gasteiger partial charge in [-0.25, -0.2) is 8.78 Å². The number of hydrogen-bond donors (Lipinski definition) is 0. The van der Waals surface area contributed by atoms with E-state index >= 15 is 0 Å². The summed E-state index contributed by atoms with van der Waals surface area (Å²) in [5.74, 6) is 0.557. The summed E-state index contributed by atoms with van der Waals surface area (Å²) in [6, 6.07) is 0. The molecule has 0 amide bonds. The Labute approximate surface area is 119 Å². The highest BCUT2D eigenvalue weighted by Crippen LogP contribution is 2.34. The Morgan fingerprint density at radius 2 is 1.90 bits per heavy atom. The first-order valence-electron chi connectivity index (χ1n) is 6.77. The van der Waals surface area contributed by atoms with Crippen molar-refractivity contribution in [2.24, 2.45) is 0 Å². The van der Waals surface area contributed by atoms with Crippen LogP contribution in [-0.4, -0.2) is 39.4 Å². The molecule has 2 aromatic heterocycles. The molecule has 110 valence electrons. The van der Waals surface area contributed by atoms with E-state index in [-0.39, 0.29) is 11.6 Å². The van der Waals surface area contributed by atoms with E-state index in [1.165, 1.54) is 0 Å². The Morgan fingerprint density at radius 1 is 1.14 bits per heavy atom. The topological polar surface area (TPSA) is 56.1 Å². The number of nitrogens with zero attached hydrogens (tertiary/aromatic N) is 5. The van der Waals surface area contributed by atoms with Crippen LogP contribution >= 0.6 is 0 Å². The molecule has 2 aliphatic rings. The second kappa shape index (κ2) is 4.73. The molecule has 0 bridgehead atoms. The molecule has 6 nitrogen and oxygen atoms in total. The van der Waals surface area contributed by atoms with Gasteiger partial charge < -0.3 is 14.2 Å². The molecule has 0 N–H and O–H groups in total. The van der Waals surface area contributed by atoms with E-state index in [1.807, 2.05) is 4.57 Å². The summed E-state index contributed by atoms with van der Waals surface area (Å²) in [5, 5.41) is 8.30. The van der Waals surface area contributed by atoms with Crippen LogP contribution in [0.2, 0.25) is 0 Å². The van der Waals surface area contributed by atoms with Crippen molar-refractivity contribution in [3.63, 3.8) is 0 Å². The van der Waals surface area contributed by atoms with Gasteiger partial charge in [0.25, 0.3) is 0 Å². The fraction of sp³-hybridized carbons (Fsp3) is 0.462. The first-order chi connectivity index (χ1) is 10.2. The largest absolute Gasteiger partial charge is 0.372 e. The Kier molecular flexibility index (Phi) is 2.85. The van der Waals surface area contributed by atoms with Gasteiger partial charge in [0.2, 0.25) is 0 Å². The fourth-order valence-electron chi connectivity index (χ4n) is 2.85. The highest BCUT2D eigenvalue weighted by Gasteiger charge is 2.36. The van der Waals surface area contributed by atoms with Crippen molar-refractivity contribution in [1.82, 2.24) is 19.7 Å². The Balaban J connectivity index is 1.54. The van der Waals surface area contributed by atoms with Crippen molar-refractivity contribution < 1.29 is 13.5 Å². The summed E-state index contributed by atoms with van der Waals surface area (Å²) < 4.78 is 34.7. The number of halogens is 2. The molecule has 0 aliphatic carbocycles. The molecule has 21 heavy (non-hydrogen) atoms. The van der Waals surface area contributed by atoms with E-state index < -0.39 is 11.6 Å². The van der Waals surface area contributed by atoms with Crippen LogP contribution in [0.25, 0.3) is 0 Å². The van der Waals surface area contributed by atoms with Gasteiger partial charge in [-0.15, -0.1) is 10.2 Å². The Bertz CT molecular complexity index is 663. The normalized spacial score (nSPS) is 18.5. The van der Waals surface area contributed by atoms with E-state index in [0.29, 0.717) is 26.3 Å². The van der Waals surface area contributed by atoms with Crippen LogP contribution in [0.5, 0.6) is 0 Å². The van der Waals surface area contributed by atoms with Crippen LogP contribution < -0.4 is 4.90 Å². The van der Waals surface area contributed by atoms with Crippen LogP contribution in [0, 0.1) is 11.6 Å². The predicted molar refractivity (Wildman–Crippen MR) is 68.8 cm³/mol. The quantitative estimate of drug-likeness (QED) is 0.829. The molecule has 0 saturated carbocycles. The van der Waals surface area contributed by atoms with E-state index in [4.69, 9.17) is 4.74 Å². The first-order valence-corrected chi connectivity index (χ1v) is 6.77. The summed E-state index contributed by atoms with van der Waals surface area (Å²) in [6.07, 6.45) is 2.06. The highest BCUT2D eigenvalue weighted by molar-refractivity contribution is 5.51. The van der Waals surface area contributed by atoms with Gasteiger partial charge in [0, 0.05) is 19.6 Å². The third-order valence-electron chi connectivity index (χ3n) is 3.94. The molecule has 8 heteroatoms. The number of hydrogen-bond acceptors (Lipinski definition) is 5. The van der Waals surface area contributed by atoms with Gasteiger partial charge in [0.05, 0.1) is 24.9 Å². The Hall–Kier alpha value is -2.09. The molecule has 4 rings (SSSR count). The van der Waals surface area contributed by atoms with Crippen LogP contribution in [-0.2, 0) is 17.9 Å². The lowest BCUT2D eigenvalue weighted by atomic mass is 9.98. The van der Waals surface area contributed by atoms with Gasteiger partial charge in [0.1, 0.15) is 18.1 Å². The van der Waals surface area contributed by atoms with Crippen LogP contribution in [0.3, 0.4) is 0 Å². The molecule has 0 unspecified atom stereocenters. The maximum absolute atomic E-state index is 13.7. The summed E-state index contributed by atoms with van der Waals surface area (Å²) in [7, 11) is 0. The van der Waals surface area contributed by atoms with Crippen molar-refractivity contribution >= 4 is 5.69 Å². The predicted octanol–water partition coefficient (Wildman–Crippen LogP) is 1.09. The lowest BCUT2D eigenvalue weighted by molar-refractivity contribution is 0.0800. The number of aromatic nitrogens is 4. The number of pyridine rings is 1. The maximum atomic E-state index is 13.7. The van der Waals surface area contributed by atoms with Gasteiger partial charge in [-0.3, -0.25) is 4.98 Å². The third kappa shape index (κ3) is 1.98. The van der Waals surface area contributed by atoms with Crippen molar-refractivity contribution in [3.8, 4) is 0 Å². The summed E-state index contributed by atoms with van der Waals surface area (Å²) in [5.41, 5.74) is -0.0111. The summed E-state index contributed by atoms with van der Waals surface area (Å²) in [6.45, 7) is 2.89. The van der Waals surface area contributed by atoms with Crippen LogP contribution in [0.1, 0.15) is 17.6 Å². The minimum absolute atomic E-state index is 0.0111. The van der Waals surface area contributed by atoms with E-state index in [0.717, 1.165) is 30.6 Å². The number of anilines is 1. The van der Waals surface area contributed by atoms with Gasteiger partial charge in [-0.1, -0.05) is 0 Å². The minimum Gasteiger partial charge on any atom is -0.372 e. The van der Waals surface area contributed by atoms with E-state index in [1.54, 1.807) is 4.90 Å².